The van der Waals surface area contributed by atoms with E-state index < -0.39 is 47.4 Å². The normalized spacial score (nSPS) is 13.1. The Morgan fingerprint density at radius 2 is 1.69 bits per heavy atom. The van der Waals surface area contributed by atoms with Crippen LogP contribution in [0.2, 0.25) is 0 Å². The highest BCUT2D eigenvalue weighted by Gasteiger charge is 2.28. The molecular weight excluding hydrogens is 385 g/mol. The SMILES string of the molecule is CC(C)(C)OC(=O)NC(CCC(N)=O)C(=O)NC(Cc1ccc(F)cc1)C(=O)O. The second kappa shape index (κ2) is 10.4. The molecule has 0 aliphatic heterocycles. The number of amides is 3. The van der Waals surface area contributed by atoms with Gasteiger partial charge in [-0.1, -0.05) is 12.1 Å². The number of hydrogen-bond donors (Lipinski definition) is 4. The third-order valence-electron chi connectivity index (χ3n) is 3.65. The number of aliphatic carboxylic acids is 1. The van der Waals surface area contributed by atoms with E-state index in [1.54, 1.807) is 20.8 Å². The second-order valence-electron chi connectivity index (χ2n) is 7.43. The van der Waals surface area contributed by atoms with Gasteiger partial charge in [0.05, 0.1) is 0 Å². The van der Waals surface area contributed by atoms with Crippen LogP contribution in [0.4, 0.5) is 9.18 Å². The number of primary amides is 1. The summed E-state index contributed by atoms with van der Waals surface area (Å²) >= 11 is 0. The van der Waals surface area contributed by atoms with E-state index in [1.165, 1.54) is 24.3 Å². The van der Waals surface area contributed by atoms with Crippen molar-refractivity contribution in [3.8, 4) is 0 Å². The molecule has 160 valence electrons. The van der Waals surface area contributed by atoms with Crippen molar-refractivity contribution in [3.05, 3.63) is 35.6 Å². The van der Waals surface area contributed by atoms with Gasteiger partial charge in [0.15, 0.2) is 0 Å². The average Bonchev–Trinajstić information content (AvgIpc) is 2.57. The number of ether oxygens (including phenoxy) is 1. The Hall–Kier alpha value is -3.17. The fraction of sp³-hybridized carbons (Fsp3) is 0.474. The minimum atomic E-state index is -1.33. The smallest absolute Gasteiger partial charge is 0.408 e. The van der Waals surface area contributed by atoms with Crippen molar-refractivity contribution in [2.75, 3.05) is 0 Å². The van der Waals surface area contributed by atoms with Crippen molar-refractivity contribution in [1.82, 2.24) is 10.6 Å². The Labute approximate surface area is 167 Å². The maximum Gasteiger partial charge on any atom is 0.408 e. The van der Waals surface area contributed by atoms with Gasteiger partial charge in [-0.3, -0.25) is 9.59 Å². The van der Waals surface area contributed by atoms with Crippen LogP contribution in [0.25, 0.3) is 0 Å². The number of nitrogens with two attached hydrogens (primary N) is 1. The topological polar surface area (TPSA) is 148 Å². The quantitative estimate of drug-likeness (QED) is 0.478. The number of nitrogens with one attached hydrogen (secondary N) is 2. The molecule has 0 fully saturated rings. The van der Waals surface area contributed by atoms with Crippen LogP contribution in [-0.2, 0) is 25.5 Å². The molecule has 10 heteroatoms. The van der Waals surface area contributed by atoms with E-state index in [0.717, 1.165) is 0 Å². The van der Waals surface area contributed by atoms with E-state index in [9.17, 15) is 28.7 Å². The Balaban J connectivity index is 2.87. The van der Waals surface area contributed by atoms with Crippen molar-refractivity contribution in [2.45, 2.75) is 57.7 Å². The lowest BCUT2D eigenvalue weighted by atomic mass is 10.0. The molecule has 0 aromatic heterocycles. The molecule has 1 aromatic carbocycles. The molecule has 2 unspecified atom stereocenters. The molecule has 29 heavy (non-hydrogen) atoms. The summed E-state index contributed by atoms with van der Waals surface area (Å²) in [6.45, 7) is 4.90. The summed E-state index contributed by atoms with van der Waals surface area (Å²) in [7, 11) is 0. The molecule has 3 amide bonds. The van der Waals surface area contributed by atoms with E-state index in [2.05, 4.69) is 10.6 Å². The summed E-state index contributed by atoms with van der Waals surface area (Å²) < 4.78 is 18.1. The zero-order chi connectivity index (χ0) is 22.2. The predicted molar refractivity (Wildman–Crippen MR) is 101 cm³/mol. The van der Waals surface area contributed by atoms with Crippen LogP contribution < -0.4 is 16.4 Å². The molecule has 0 bridgehead atoms. The molecule has 1 aromatic rings. The number of hydrogen-bond acceptors (Lipinski definition) is 5. The molecule has 2 atom stereocenters. The fourth-order valence-corrected chi connectivity index (χ4v) is 2.33. The lowest BCUT2D eigenvalue weighted by Crippen LogP contribution is -2.53. The Bertz CT molecular complexity index is 745. The number of rotatable bonds is 9. The molecule has 0 heterocycles. The average molecular weight is 411 g/mol. The number of halogens is 1. The van der Waals surface area contributed by atoms with Crippen molar-refractivity contribution >= 4 is 23.9 Å². The standard InChI is InChI=1S/C19H26FN3O6/c1-19(2,3)29-18(28)23-13(8-9-15(21)24)16(25)22-14(17(26)27)10-11-4-6-12(20)7-5-11/h4-7,13-14H,8-10H2,1-3H3,(H2,21,24)(H,22,25)(H,23,28)(H,26,27). The Morgan fingerprint density at radius 1 is 1.10 bits per heavy atom. The number of benzene rings is 1. The van der Waals surface area contributed by atoms with E-state index >= 15 is 0 Å². The van der Waals surface area contributed by atoms with Gasteiger partial charge >= 0.3 is 12.1 Å². The number of carboxylic acid groups (broad SMARTS) is 1. The van der Waals surface area contributed by atoms with Gasteiger partial charge in [0, 0.05) is 12.8 Å². The van der Waals surface area contributed by atoms with Crippen molar-refractivity contribution in [2.24, 2.45) is 5.73 Å². The van der Waals surface area contributed by atoms with E-state index in [4.69, 9.17) is 10.5 Å². The summed E-state index contributed by atoms with van der Waals surface area (Å²) in [5, 5.41) is 14.0. The monoisotopic (exact) mass is 411 g/mol. The van der Waals surface area contributed by atoms with Crippen molar-refractivity contribution < 1.29 is 33.4 Å². The van der Waals surface area contributed by atoms with E-state index in [-0.39, 0.29) is 19.3 Å². The zero-order valence-electron chi connectivity index (χ0n) is 16.5. The molecule has 1 rings (SSSR count). The van der Waals surface area contributed by atoms with Gasteiger partial charge in [-0.25, -0.2) is 14.0 Å². The van der Waals surface area contributed by atoms with Crippen molar-refractivity contribution in [3.63, 3.8) is 0 Å². The highest BCUT2D eigenvalue weighted by Crippen LogP contribution is 2.09. The molecule has 0 spiro atoms. The zero-order valence-corrected chi connectivity index (χ0v) is 16.5. The molecule has 5 N–H and O–H groups in total. The molecule has 0 radical (unpaired) electrons. The van der Waals surface area contributed by atoms with Crippen LogP contribution >= 0.6 is 0 Å². The van der Waals surface area contributed by atoms with Gasteiger partial charge in [0.25, 0.3) is 0 Å². The van der Waals surface area contributed by atoms with Gasteiger partial charge in [-0.2, -0.15) is 0 Å². The van der Waals surface area contributed by atoms with Crippen LogP contribution in [0.3, 0.4) is 0 Å². The van der Waals surface area contributed by atoms with Gasteiger partial charge < -0.3 is 26.2 Å². The lowest BCUT2D eigenvalue weighted by Gasteiger charge is -2.24. The van der Waals surface area contributed by atoms with Crippen LogP contribution in [0.5, 0.6) is 0 Å². The van der Waals surface area contributed by atoms with Crippen LogP contribution in [0, 0.1) is 5.82 Å². The second-order valence-corrected chi connectivity index (χ2v) is 7.43. The largest absolute Gasteiger partial charge is 0.480 e. The van der Waals surface area contributed by atoms with E-state index in [1.807, 2.05) is 0 Å². The maximum absolute atomic E-state index is 13.0. The first-order valence-electron chi connectivity index (χ1n) is 8.93. The first-order valence-corrected chi connectivity index (χ1v) is 8.93. The van der Waals surface area contributed by atoms with Crippen molar-refractivity contribution in [1.29, 1.82) is 0 Å². The summed E-state index contributed by atoms with van der Waals surface area (Å²) in [6, 6.07) is 2.60. The summed E-state index contributed by atoms with van der Waals surface area (Å²) in [4.78, 5) is 47.1. The molecule has 9 nitrogen and oxygen atoms in total. The first kappa shape index (κ1) is 23.9. The van der Waals surface area contributed by atoms with Crippen LogP contribution in [0.1, 0.15) is 39.2 Å². The number of carboxylic acids is 1. The molecule has 0 aliphatic rings. The molecule has 0 saturated carbocycles. The van der Waals surface area contributed by atoms with Gasteiger partial charge in [-0.05, 0) is 44.9 Å². The summed E-state index contributed by atoms with van der Waals surface area (Å²) in [5.41, 5.74) is 4.77. The predicted octanol–water partition coefficient (Wildman–Crippen LogP) is 1.10. The third-order valence-corrected chi connectivity index (χ3v) is 3.65. The summed E-state index contributed by atoms with van der Waals surface area (Å²) in [5.74, 6) is -3.28. The fourth-order valence-electron chi connectivity index (χ4n) is 2.33. The van der Waals surface area contributed by atoms with Gasteiger partial charge in [0.2, 0.25) is 11.8 Å². The minimum Gasteiger partial charge on any atom is -0.480 e. The maximum atomic E-state index is 13.0. The number of carbonyl (C=O) groups is 4. The third kappa shape index (κ3) is 9.54. The lowest BCUT2D eigenvalue weighted by molar-refractivity contribution is -0.142. The number of alkyl carbamates (subject to hydrolysis) is 1. The van der Waals surface area contributed by atoms with Gasteiger partial charge in [-0.15, -0.1) is 0 Å². The first-order chi connectivity index (χ1) is 13.4. The molecule has 0 aliphatic carbocycles. The Kier molecular flexibility index (Phi) is 8.56. The van der Waals surface area contributed by atoms with Crippen LogP contribution in [-0.4, -0.2) is 46.7 Å². The summed E-state index contributed by atoms with van der Waals surface area (Å²) in [6.07, 6.45) is -1.34. The Morgan fingerprint density at radius 3 is 2.17 bits per heavy atom. The van der Waals surface area contributed by atoms with Gasteiger partial charge in [0.1, 0.15) is 23.5 Å². The highest BCUT2D eigenvalue weighted by molar-refractivity contribution is 5.89. The van der Waals surface area contributed by atoms with Crippen LogP contribution in [0.15, 0.2) is 24.3 Å². The minimum absolute atomic E-state index is 0.101. The number of carbonyl (C=O) groups excluding carboxylic acids is 3. The highest BCUT2D eigenvalue weighted by atomic mass is 19.1. The molecule has 0 saturated heterocycles. The molecular formula is C19H26FN3O6. The van der Waals surface area contributed by atoms with E-state index in [0.29, 0.717) is 5.56 Å².